The van der Waals surface area contributed by atoms with Crippen molar-refractivity contribution >= 4 is 23.2 Å². The van der Waals surface area contributed by atoms with E-state index in [4.69, 9.17) is 4.74 Å². The molecule has 0 bridgehead atoms. The van der Waals surface area contributed by atoms with Crippen LogP contribution in [0.25, 0.3) is 0 Å². The molecule has 1 aliphatic rings. The van der Waals surface area contributed by atoms with Crippen molar-refractivity contribution in [2.45, 2.75) is 12.8 Å². The average molecular weight is 346 g/mol. The number of benzene rings is 1. The number of ether oxygens (including phenoxy) is 1. The summed E-state index contributed by atoms with van der Waals surface area (Å²) >= 11 is 1.41. The Hall–Kier alpha value is -2.41. The van der Waals surface area contributed by atoms with Gasteiger partial charge in [0.1, 0.15) is 11.4 Å². The zero-order chi connectivity index (χ0) is 17.3. The molecule has 126 valence electrons. The summed E-state index contributed by atoms with van der Waals surface area (Å²) in [5.74, 6) is -1.33. The summed E-state index contributed by atoms with van der Waals surface area (Å²) in [6, 6.07) is 7.36. The summed E-state index contributed by atoms with van der Waals surface area (Å²) in [5, 5.41) is 12.1. The molecule has 1 aromatic heterocycles. The van der Waals surface area contributed by atoms with Crippen LogP contribution in [0.15, 0.2) is 29.6 Å². The molecule has 0 unspecified atom stereocenters. The van der Waals surface area contributed by atoms with Crippen LogP contribution in [0.3, 0.4) is 0 Å². The first-order valence-electron chi connectivity index (χ1n) is 7.57. The molecule has 24 heavy (non-hydrogen) atoms. The summed E-state index contributed by atoms with van der Waals surface area (Å²) in [6.07, 6.45) is 0. The number of aryl methyl sites for hydroxylation is 1. The molecule has 1 fully saturated rings. The summed E-state index contributed by atoms with van der Waals surface area (Å²) in [6.45, 7) is 2.39. The number of rotatable bonds is 4. The van der Waals surface area contributed by atoms with Gasteiger partial charge in [0.25, 0.3) is 5.91 Å². The SMILES string of the molecule is COc1cccc([C@@H]2CN(C(=O)c3csc(C)n3)C[C@H]2C(=O)O)c1. The van der Waals surface area contributed by atoms with E-state index in [1.165, 1.54) is 11.3 Å². The van der Waals surface area contributed by atoms with E-state index in [0.717, 1.165) is 10.6 Å². The monoisotopic (exact) mass is 346 g/mol. The number of thiazole rings is 1. The van der Waals surface area contributed by atoms with Crippen molar-refractivity contribution in [3.05, 3.63) is 45.9 Å². The molecule has 0 spiro atoms. The molecule has 0 aliphatic carbocycles. The largest absolute Gasteiger partial charge is 0.497 e. The van der Waals surface area contributed by atoms with Crippen LogP contribution in [0.4, 0.5) is 0 Å². The second kappa shape index (κ2) is 6.60. The molecule has 3 rings (SSSR count). The fourth-order valence-electron chi connectivity index (χ4n) is 3.05. The number of carboxylic acid groups (broad SMARTS) is 1. The number of hydrogen-bond acceptors (Lipinski definition) is 5. The number of aliphatic carboxylic acids is 1. The topological polar surface area (TPSA) is 79.7 Å². The van der Waals surface area contributed by atoms with Gasteiger partial charge in [-0.15, -0.1) is 11.3 Å². The molecule has 1 N–H and O–H groups in total. The lowest BCUT2D eigenvalue weighted by Gasteiger charge is -2.16. The summed E-state index contributed by atoms with van der Waals surface area (Å²) in [5.41, 5.74) is 1.25. The van der Waals surface area contributed by atoms with Crippen molar-refractivity contribution in [3.8, 4) is 5.75 Å². The van der Waals surface area contributed by atoms with Gasteiger partial charge in [-0.25, -0.2) is 4.98 Å². The fourth-order valence-corrected chi connectivity index (χ4v) is 3.64. The highest BCUT2D eigenvalue weighted by atomic mass is 32.1. The Morgan fingerprint density at radius 3 is 2.79 bits per heavy atom. The number of methoxy groups -OCH3 is 1. The van der Waals surface area contributed by atoms with Crippen molar-refractivity contribution in [2.75, 3.05) is 20.2 Å². The maximum atomic E-state index is 12.6. The Morgan fingerprint density at radius 2 is 2.17 bits per heavy atom. The lowest BCUT2D eigenvalue weighted by Crippen LogP contribution is -2.30. The van der Waals surface area contributed by atoms with Crippen molar-refractivity contribution in [1.29, 1.82) is 0 Å². The van der Waals surface area contributed by atoms with E-state index in [9.17, 15) is 14.7 Å². The number of aromatic nitrogens is 1. The van der Waals surface area contributed by atoms with Gasteiger partial charge in [-0.3, -0.25) is 9.59 Å². The number of hydrogen-bond donors (Lipinski definition) is 1. The lowest BCUT2D eigenvalue weighted by atomic mass is 9.89. The molecule has 2 atom stereocenters. The van der Waals surface area contributed by atoms with E-state index < -0.39 is 11.9 Å². The summed E-state index contributed by atoms with van der Waals surface area (Å²) in [7, 11) is 1.57. The third-order valence-corrected chi connectivity index (χ3v) is 5.06. The van der Waals surface area contributed by atoms with Gasteiger partial charge >= 0.3 is 5.97 Å². The van der Waals surface area contributed by atoms with E-state index in [1.54, 1.807) is 17.4 Å². The molecule has 0 saturated carbocycles. The van der Waals surface area contributed by atoms with Crippen molar-refractivity contribution < 1.29 is 19.4 Å². The van der Waals surface area contributed by atoms with E-state index in [0.29, 0.717) is 18.0 Å². The van der Waals surface area contributed by atoms with Gasteiger partial charge in [-0.1, -0.05) is 12.1 Å². The van der Waals surface area contributed by atoms with E-state index in [1.807, 2.05) is 31.2 Å². The zero-order valence-electron chi connectivity index (χ0n) is 13.4. The predicted molar refractivity (Wildman–Crippen MR) is 89.6 cm³/mol. The molecular formula is C17H18N2O4S. The quantitative estimate of drug-likeness (QED) is 0.919. The van der Waals surface area contributed by atoms with Crippen LogP contribution in [0.5, 0.6) is 5.75 Å². The minimum atomic E-state index is -0.896. The highest BCUT2D eigenvalue weighted by Gasteiger charge is 2.41. The molecule has 1 saturated heterocycles. The minimum Gasteiger partial charge on any atom is -0.497 e. The number of carboxylic acids is 1. The first-order chi connectivity index (χ1) is 11.5. The maximum absolute atomic E-state index is 12.6. The highest BCUT2D eigenvalue weighted by Crippen LogP contribution is 2.35. The van der Waals surface area contributed by atoms with Gasteiger partial charge in [0.2, 0.25) is 0 Å². The Bertz CT molecular complexity index is 773. The van der Waals surface area contributed by atoms with Crippen LogP contribution in [0, 0.1) is 12.8 Å². The lowest BCUT2D eigenvalue weighted by molar-refractivity contribution is -0.141. The Kier molecular flexibility index (Phi) is 4.53. The van der Waals surface area contributed by atoms with Crippen LogP contribution >= 0.6 is 11.3 Å². The van der Waals surface area contributed by atoms with Crippen LogP contribution < -0.4 is 4.74 Å². The van der Waals surface area contributed by atoms with Gasteiger partial charge in [-0.2, -0.15) is 0 Å². The van der Waals surface area contributed by atoms with Crippen LogP contribution in [0.2, 0.25) is 0 Å². The molecule has 2 aromatic rings. The molecular weight excluding hydrogens is 328 g/mol. The fraction of sp³-hybridized carbons (Fsp3) is 0.353. The predicted octanol–water partition coefficient (Wildman–Crippen LogP) is 2.40. The molecule has 1 aliphatic heterocycles. The molecule has 1 aromatic carbocycles. The average Bonchev–Trinajstić information content (AvgIpc) is 3.21. The van der Waals surface area contributed by atoms with Crippen molar-refractivity contribution in [2.24, 2.45) is 5.92 Å². The minimum absolute atomic E-state index is 0.187. The van der Waals surface area contributed by atoms with Crippen LogP contribution in [0.1, 0.15) is 27.0 Å². The molecule has 6 nitrogen and oxygen atoms in total. The number of amides is 1. The van der Waals surface area contributed by atoms with E-state index >= 15 is 0 Å². The standard InChI is InChI=1S/C17H18N2O4S/c1-10-18-15(9-24-10)16(20)19-7-13(14(8-19)17(21)22)11-4-3-5-12(6-11)23-2/h3-6,9,13-14H,7-8H2,1-2H3,(H,21,22)/t13-,14+/m0/s1. The first-order valence-corrected chi connectivity index (χ1v) is 8.45. The summed E-state index contributed by atoms with van der Waals surface area (Å²) in [4.78, 5) is 30.0. The second-order valence-corrected chi connectivity index (χ2v) is 6.85. The first kappa shape index (κ1) is 16.4. The van der Waals surface area contributed by atoms with Gasteiger partial charge in [0.05, 0.1) is 18.0 Å². The third kappa shape index (κ3) is 3.12. The Balaban J connectivity index is 1.86. The van der Waals surface area contributed by atoms with Gasteiger partial charge in [-0.05, 0) is 24.6 Å². The normalized spacial score (nSPS) is 20.2. The zero-order valence-corrected chi connectivity index (χ0v) is 14.2. The molecule has 7 heteroatoms. The van der Waals surface area contributed by atoms with Crippen molar-refractivity contribution in [1.82, 2.24) is 9.88 Å². The van der Waals surface area contributed by atoms with Crippen LogP contribution in [-0.2, 0) is 4.79 Å². The summed E-state index contributed by atoms with van der Waals surface area (Å²) < 4.78 is 5.22. The Labute approximate surface area is 143 Å². The number of nitrogens with zero attached hydrogens (tertiary/aromatic N) is 2. The number of carbonyl (C=O) groups is 2. The molecule has 1 amide bonds. The van der Waals surface area contributed by atoms with E-state index in [-0.39, 0.29) is 18.4 Å². The second-order valence-electron chi connectivity index (χ2n) is 5.79. The van der Waals surface area contributed by atoms with Gasteiger partial charge in [0, 0.05) is 24.4 Å². The molecule has 0 radical (unpaired) electrons. The third-order valence-electron chi connectivity index (χ3n) is 4.28. The van der Waals surface area contributed by atoms with Crippen molar-refractivity contribution in [3.63, 3.8) is 0 Å². The number of carbonyl (C=O) groups excluding carboxylic acids is 1. The number of likely N-dealkylation sites (tertiary alicyclic amines) is 1. The Morgan fingerprint density at radius 1 is 1.38 bits per heavy atom. The highest BCUT2D eigenvalue weighted by molar-refractivity contribution is 7.09. The van der Waals surface area contributed by atoms with Crippen LogP contribution in [-0.4, -0.2) is 47.1 Å². The van der Waals surface area contributed by atoms with Gasteiger partial charge < -0.3 is 14.7 Å². The van der Waals surface area contributed by atoms with E-state index in [2.05, 4.69) is 4.98 Å². The molecule has 2 heterocycles. The maximum Gasteiger partial charge on any atom is 0.308 e. The smallest absolute Gasteiger partial charge is 0.308 e. The van der Waals surface area contributed by atoms with Gasteiger partial charge in [0.15, 0.2) is 0 Å².